The van der Waals surface area contributed by atoms with Crippen molar-refractivity contribution >= 4 is 15.9 Å². The summed E-state index contributed by atoms with van der Waals surface area (Å²) in [6.45, 7) is 0.534. The van der Waals surface area contributed by atoms with E-state index in [1.165, 1.54) is 0 Å². The van der Waals surface area contributed by atoms with Crippen LogP contribution in [-0.2, 0) is 16.3 Å². The highest BCUT2D eigenvalue weighted by Crippen LogP contribution is 2.30. The average molecular weight is 326 g/mol. The molecular formula is C15H22N2O4S. The van der Waals surface area contributed by atoms with Gasteiger partial charge >= 0.3 is 6.03 Å². The standard InChI is InChI=1S/C15H22N2O4S/c18-15(16-10-11-5-8-22(19,20)9-6-11)17-13-2-1-3-14-12(13)4-7-21-14/h4,7,11,13H,1-3,5-6,8-10H2,(H2,16,17,18)/t13-/m1/s1. The van der Waals surface area contributed by atoms with Gasteiger partial charge < -0.3 is 15.1 Å². The van der Waals surface area contributed by atoms with Crippen molar-refractivity contribution in [2.45, 2.75) is 38.1 Å². The maximum atomic E-state index is 12.0. The van der Waals surface area contributed by atoms with E-state index in [-0.39, 0.29) is 29.5 Å². The summed E-state index contributed by atoms with van der Waals surface area (Å²) in [5.41, 5.74) is 1.07. The molecule has 0 aromatic carbocycles. The van der Waals surface area contributed by atoms with Gasteiger partial charge in [-0.3, -0.25) is 0 Å². The van der Waals surface area contributed by atoms with Gasteiger partial charge in [-0.1, -0.05) is 0 Å². The van der Waals surface area contributed by atoms with Crippen LogP contribution in [0.4, 0.5) is 4.79 Å². The molecule has 122 valence electrons. The molecule has 2 aliphatic rings. The van der Waals surface area contributed by atoms with E-state index in [2.05, 4.69) is 10.6 Å². The van der Waals surface area contributed by atoms with Crippen LogP contribution in [0.25, 0.3) is 0 Å². The van der Waals surface area contributed by atoms with Crippen LogP contribution in [0.2, 0.25) is 0 Å². The predicted molar refractivity (Wildman–Crippen MR) is 82.3 cm³/mol. The van der Waals surface area contributed by atoms with Crippen molar-refractivity contribution in [3.8, 4) is 0 Å². The zero-order valence-electron chi connectivity index (χ0n) is 12.5. The summed E-state index contributed by atoms with van der Waals surface area (Å²) in [7, 11) is -2.84. The van der Waals surface area contributed by atoms with Gasteiger partial charge in [-0.15, -0.1) is 0 Å². The summed E-state index contributed by atoms with van der Waals surface area (Å²) in [6, 6.07) is 1.74. The number of furan rings is 1. The summed E-state index contributed by atoms with van der Waals surface area (Å²) in [4.78, 5) is 12.0. The van der Waals surface area contributed by atoms with E-state index in [1.807, 2.05) is 6.07 Å². The highest BCUT2D eigenvalue weighted by atomic mass is 32.2. The van der Waals surface area contributed by atoms with Gasteiger partial charge in [0, 0.05) is 18.5 Å². The second-order valence-corrected chi connectivity index (χ2v) is 8.50. The normalized spacial score (nSPS) is 24.5. The van der Waals surface area contributed by atoms with Crippen LogP contribution in [0.1, 0.15) is 43.0 Å². The minimum absolute atomic E-state index is 0.00855. The topological polar surface area (TPSA) is 88.4 Å². The van der Waals surface area contributed by atoms with E-state index >= 15 is 0 Å². The summed E-state index contributed by atoms with van der Waals surface area (Å²) in [5, 5.41) is 5.86. The van der Waals surface area contributed by atoms with Crippen LogP contribution in [0.3, 0.4) is 0 Å². The zero-order chi connectivity index (χ0) is 15.6. The molecule has 0 unspecified atom stereocenters. The molecule has 0 bridgehead atoms. The molecule has 1 aromatic heterocycles. The third-order valence-electron chi connectivity index (χ3n) is 4.58. The molecule has 1 saturated heterocycles. The molecule has 7 heteroatoms. The van der Waals surface area contributed by atoms with Crippen molar-refractivity contribution in [3.05, 3.63) is 23.7 Å². The van der Waals surface area contributed by atoms with Crippen LogP contribution in [-0.4, -0.2) is 32.5 Å². The molecule has 1 aliphatic heterocycles. The Morgan fingerprint density at radius 3 is 2.82 bits per heavy atom. The van der Waals surface area contributed by atoms with Gasteiger partial charge in [0.15, 0.2) is 0 Å². The van der Waals surface area contributed by atoms with E-state index < -0.39 is 9.84 Å². The molecule has 6 nitrogen and oxygen atoms in total. The summed E-state index contributed by atoms with van der Waals surface area (Å²) in [6.07, 6.45) is 5.80. The number of aryl methyl sites for hydroxylation is 1. The minimum atomic E-state index is -2.84. The molecule has 1 aliphatic carbocycles. The summed E-state index contributed by atoms with van der Waals surface area (Å²) in [5.74, 6) is 1.70. The van der Waals surface area contributed by atoms with Gasteiger partial charge in [0.05, 0.1) is 23.8 Å². The van der Waals surface area contributed by atoms with Gasteiger partial charge in [0.2, 0.25) is 0 Å². The smallest absolute Gasteiger partial charge is 0.315 e. The number of hydrogen-bond donors (Lipinski definition) is 2. The number of rotatable bonds is 3. The van der Waals surface area contributed by atoms with E-state index in [0.29, 0.717) is 19.4 Å². The quantitative estimate of drug-likeness (QED) is 0.886. The number of sulfone groups is 1. The molecule has 2 heterocycles. The molecule has 1 aromatic rings. The Morgan fingerprint density at radius 2 is 2.05 bits per heavy atom. The van der Waals surface area contributed by atoms with Gasteiger partial charge in [-0.05, 0) is 37.7 Å². The Labute approximate surface area is 130 Å². The van der Waals surface area contributed by atoms with E-state index in [0.717, 1.165) is 30.6 Å². The Bertz CT molecular complexity index is 624. The lowest BCUT2D eigenvalue weighted by molar-refractivity contribution is 0.232. The van der Waals surface area contributed by atoms with Crippen LogP contribution < -0.4 is 10.6 Å². The molecule has 1 fully saturated rings. The lowest BCUT2D eigenvalue weighted by Gasteiger charge is -2.25. The first kappa shape index (κ1) is 15.4. The number of amides is 2. The predicted octanol–water partition coefficient (Wildman–Crippen LogP) is 1.78. The fraction of sp³-hybridized carbons (Fsp3) is 0.667. The maximum Gasteiger partial charge on any atom is 0.315 e. The highest BCUT2D eigenvalue weighted by molar-refractivity contribution is 7.91. The van der Waals surface area contributed by atoms with E-state index in [9.17, 15) is 13.2 Å². The summed E-state index contributed by atoms with van der Waals surface area (Å²) >= 11 is 0. The molecule has 2 amide bonds. The summed E-state index contributed by atoms with van der Waals surface area (Å²) < 4.78 is 28.2. The lowest BCUT2D eigenvalue weighted by atomic mass is 9.93. The Morgan fingerprint density at radius 1 is 1.27 bits per heavy atom. The van der Waals surface area contributed by atoms with Gasteiger partial charge in [0.25, 0.3) is 0 Å². The molecule has 1 atom stereocenters. The van der Waals surface area contributed by atoms with Crippen LogP contribution in [0, 0.1) is 5.92 Å². The SMILES string of the molecule is O=C(NCC1CCS(=O)(=O)CC1)N[C@@H]1CCCc2occc21. The first-order valence-electron chi connectivity index (χ1n) is 7.84. The molecule has 3 rings (SSSR count). The Balaban J connectivity index is 1.46. The Kier molecular flexibility index (Phi) is 4.42. The van der Waals surface area contributed by atoms with Crippen molar-refractivity contribution in [2.75, 3.05) is 18.1 Å². The maximum absolute atomic E-state index is 12.0. The van der Waals surface area contributed by atoms with Gasteiger partial charge in [0.1, 0.15) is 15.6 Å². The second-order valence-electron chi connectivity index (χ2n) is 6.19. The average Bonchev–Trinajstić information content (AvgIpc) is 2.96. The highest BCUT2D eigenvalue weighted by Gasteiger charge is 2.26. The number of nitrogens with one attached hydrogen (secondary N) is 2. The third kappa shape index (κ3) is 3.63. The zero-order valence-corrected chi connectivity index (χ0v) is 13.3. The monoisotopic (exact) mass is 326 g/mol. The second kappa shape index (κ2) is 6.32. The fourth-order valence-corrected chi connectivity index (χ4v) is 4.81. The first-order valence-corrected chi connectivity index (χ1v) is 9.67. The fourth-order valence-electron chi connectivity index (χ4n) is 3.23. The van der Waals surface area contributed by atoms with E-state index in [4.69, 9.17) is 4.42 Å². The lowest BCUT2D eigenvalue weighted by Crippen LogP contribution is -2.42. The van der Waals surface area contributed by atoms with Crippen molar-refractivity contribution in [1.82, 2.24) is 10.6 Å². The van der Waals surface area contributed by atoms with Crippen LogP contribution in [0.5, 0.6) is 0 Å². The number of hydrogen-bond acceptors (Lipinski definition) is 4. The van der Waals surface area contributed by atoms with Crippen LogP contribution in [0.15, 0.2) is 16.7 Å². The molecule has 0 spiro atoms. The number of urea groups is 1. The largest absolute Gasteiger partial charge is 0.469 e. The van der Waals surface area contributed by atoms with Crippen LogP contribution >= 0.6 is 0 Å². The third-order valence-corrected chi connectivity index (χ3v) is 6.30. The molecule has 0 saturated carbocycles. The Hall–Kier alpha value is -1.50. The van der Waals surface area contributed by atoms with Gasteiger partial charge in [-0.25, -0.2) is 13.2 Å². The molecule has 2 N–H and O–H groups in total. The molecule has 0 radical (unpaired) electrons. The van der Waals surface area contributed by atoms with Crippen molar-refractivity contribution in [3.63, 3.8) is 0 Å². The van der Waals surface area contributed by atoms with Gasteiger partial charge in [-0.2, -0.15) is 0 Å². The van der Waals surface area contributed by atoms with Crippen molar-refractivity contribution < 1.29 is 17.6 Å². The van der Waals surface area contributed by atoms with Crippen molar-refractivity contribution in [1.29, 1.82) is 0 Å². The van der Waals surface area contributed by atoms with Crippen molar-refractivity contribution in [2.24, 2.45) is 5.92 Å². The van der Waals surface area contributed by atoms with E-state index in [1.54, 1.807) is 6.26 Å². The molecule has 22 heavy (non-hydrogen) atoms. The first-order chi connectivity index (χ1) is 10.5. The number of carbonyl (C=O) groups is 1. The number of fused-ring (bicyclic) bond motifs is 1. The minimum Gasteiger partial charge on any atom is -0.469 e. The number of carbonyl (C=O) groups excluding carboxylic acids is 1. The molecular weight excluding hydrogens is 304 g/mol.